The van der Waals surface area contributed by atoms with Crippen LogP contribution in [0.25, 0.3) is 0 Å². The topological polar surface area (TPSA) is 68.3 Å². The molecule has 3 rings (SSSR count). The summed E-state index contributed by atoms with van der Waals surface area (Å²) in [5.41, 5.74) is 1.14. The van der Waals surface area contributed by atoms with Crippen molar-refractivity contribution in [3.05, 3.63) is 63.6 Å². The van der Waals surface area contributed by atoms with E-state index in [1.165, 1.54) is 18.6 Å². The van der Waals surface area contributed by atoms with Crippen molar-refractivity contribution in [2.45, 2.75) is 32.4 Å². The van der Waals surface area contributed by atoms with E-state index in [9.17, 15) is 10.1 Å². The molecule has 1 aliphatic carbocycles. The van der Waals surface area contributed by atoms with Gasteiger partial charge in [-0.15, -0.1) is 0 Å². The maximum Gasteiger partial charge on any atom is 0.269 e. The predicted molar refractivity (Wildman–Crippen MR) is 78.9 cm³/mol. The molecule has 0 amide bonds. The van der Waals surface area contributed by atoms with Gasteiger partial charge in [-0.3, -0.25) is 10.1 Å². The second-order valence-electron chi connectivity index (χ2n) is 5.65. The summed E-state index contributed by atoms with van der Waals surface area (Å²) in [7, 11) is 0. The molecule has 1 N–H and O–H groups in total. The van der Waals surface area contributed by atoms with E-state index in [4.69, 9.17) is 4.42 Å². The first-order valence-electron chi connectivity index (χ1n) is 7.16. The number of nitro benzene ring substituents is 1. The fourth-order valence-electron chi connectivity index (χ4n) is 2.47. The van der Waals surface area contributed by atoms with E-state index in [-0.39, 0.29) is 10.6 Å². The number of furan rings is 1. The maximum absolute atomic E-state index is 10.6. The Bertz CT molecular complexity index is 633. The van der Waals surface area contributed by atoms with E-state index in [0.717, 1.165) is 23.0 Å². The minimum atomic E-state index is -0.388. The monoisotopic (exact) mass is 286 g/mol. The lowest BCUT2D eigenvalue weighted by atomic mass is 10.2. The standard InChI is InChI=1S/C16H18N2O3/c1-11-8-15(11)16-7-6-14(21-16)10-17-9-12-2-4-13(5-3-12)18(19)20/h2-7,11,15,17H,8-10H2,1H3. The fourth-order valence-corrected chi connectivity index (χ4v) is 2.47. The van der Waals surface area contributed by atoms with Crippen LogP contribution in [0.5, 0.6) is 0 Å². The molecule has 1 saturated carbocycles. The molecule has 1 aromatic carbocycles. The zero-order valence-electron chi connectivity index (χ0n) is 11.9. The summed E-state index contributed by atoms with van der Waals surface area (Å²) in [6.07, 6.45) is 1.23. The van der Waals surface area contributed by atoms with E-state index in [1.54, 1.807) is 12.1 Å². The first-order chi connectivity index (χ1) is 10.1. The molecule has 0 spiro atoms. The molecule has 2 unspecified atom stereocenters. The highest BCUT2D eigenvalue weighted by Gasteiger charge is 2.36. The number of nitro groups is 1. The SMILES string of the molecule is CC1CC1c1ccc(CNCc2ccc([N+](=O)[O-])cc2)o1. The largest absolute Gasteiger partial charge is 0.464 e. The van der Waals surface area contributed by atoms with Crippen LogP contribution in [0.3, 0.4) is 0 Å². The van der Waals surface area contributed by atoms with Crippen LogP contribution < -0.4 is 5.32 Å². The molecule has 5 heteroatoms. The third-order valence-corrected chi connectivity index (χ3v) is 3.93. The van der Waals surface area contributed by atoms with Crippen molar-refractivity contribution >= 4 is 5.69 Å². The van der Waals surface area contributed by atoms with Crippen molar-refractivity contribution < 1.29 is 9.34 Å². The van der Waals surface area contributed by atoms with Crippen LogP contribution in [0, 0.1) is 16.0 Å². The summed E-state index contributed by atoms with van der Waals surface area (Å²) in [6, 6.07) is 10.7. The molecule has 0 aliphatic heterocycles. The molecule has 0 bridgehead atoms. The fraction of sp³-hybridized carbons (Fsp3) is 0.375. The smallest absolute Gasteiger partial charge is 0.269 e. The lowest BCUT2D eigenvalue weighted by Crippen LogP contribution is -2.12. The average Bonchev–Trinajstić information content (AvgIpc) is 3.01. The van der Waals surface area contributed by atoms with Crippen molar-refractivity contribution in [3.63, 3.8) is 0 Å². The highest BCUT2D eigenvalue weighted by molar-refractivity contribution is 5.32. The van der Waals surface area contributed by atoms with Crippen LogP contribution in [0.4, 0.5) is 5.69 Å². The Labute approximate surface area is 123 Å². The quantitative estimate of drug-likeness (QED) is 0.650. The van der Waals surface area contributed by atoms with E-state index >= 15 is 0 Å². The molecule has 2 atom stereocenters. The third kappa shape index (κ3) is 3.31. The Kier molecular flexibility index (Phi) is 3.75. The molecule has 1 aliphatic rings. The van der Waals surface area contributed by atoms with E-state index in [0.29, 0.717) is 19.0 Å². The summed E-state index contributed by atoms with van der Waals surface area (Å²) < 4.78 is 5.81. The zero-order valence-corrected chi connectivity index (χ0v) is 11.9. The van der Waals surface area contributed by atoms with Crippen molar-refractivity contribution in [3.8, 4) is 0 Å². The number of nitrogens with zero attached hydrogens (tertiary/aromatic N) is 1. The normalized spacial score (nSPS) is 20.4. The van der Waals surface area contributed by atoms with Gasteiger partial charge in [0.2, 0.25) is 0 Å². The molecule has 2 aromatic rings. The Balaban J connectivity index is 1.49. The van der Waals surface area contributed by atoms with Gasteiger partial charge in [-0.05, 0) is 30.0 Å². The third-order valence-electron chi connectivity index (χ3n) is 3.93. The Morgan fingerprint density at radius 1 is 1.24 bits per heavy atom. The van der Waals surface area contributed by atoms with Crippen LogP contribution in [-0.2, 0) is 13.1 Å². The molecule has 21 heavy (non-hydrogen) atoms. The van der Waals surface area contributed by atoms with Gasteiger partial charge >= 0.3 is 0 Å². The van der Waals surface area contributed by atoms with Crippen LogP contribution in [0.2, 0.25) is 0 Å². The predicted octanol–water partition coefficient (Wildman–Crippen LogP) is 3.60. The summed E-state index contributed by atoms with van der Waals surface area (Å²) in [4.78, 5) is 10.2. The average molecular weight is 286 g/mol. The zero-order chi connectivity index (χ0) is 14.8. The molecular formula is C16H18N2O3. The van der Waals surface area contributed by atoms with E-state index in [1.807, 2.05) is 6.07 Å². The Hall–Kier alpha value is -2.14. The molecule has 5 nitrogen and oxygen atoms in total. The first kappa shape index (κ1) is 13.8. The van der Waals surface area contributed by atoms with Crippen molar-refractivity contribution in [2.75, 3.05) is 0 Å². The highest BCUT2D eigenvalue weighted by atomic mass is 16.6. The summed E-state index contributed by atoms with van der Waals surface area (Å²) in [5, 5.41) is 13.9. The number of hydrogen-bond donors (Lipinski definition) is 1. The van der Waals surface area contributed by atoms with Gasteiger partial charge in [0.15, 0.2) is 0 Å². The molecule has 1 heterocycles. The van der Waals surface area contributed by atoms with Crippen LogP contribution in [0.1, 0.15) is 36.3 Å². The lowest BCUT2D eigenvalue weighted by molar-refractivity contribution is -0.384. The molecule has 0 radical (unpaired) electrons. The van der Waals surface area contributed by atoms with E-state index in [2.05, 4.69) is 18.3 Å². The summed E-state index contributed by atoms with van der Waals surface area (Å²) in [5.74, 6) is 3.38. The number of non-ortho nitro benzene ring substituents is 1. The second kappa shape index (κ2) is 5.69. The number of rotatable bonds is 6. The van der Waals surface area contributed by atoms with Crippen LogP contribution >= 0.6 is 0 Å². The highest BCUT2D eigenvalue weighted by Crippen LogP contribution is 2.47. The van der Waals surface area contributed by atoms with Gasteiger partial charge in [0.05, 0.1) is 11.5 Å². The molecule has 1 aromatic heterocycles. The van der Waals surface area contributed by atoms with Gasteiger partial charge in [-0.1, -0.05) is 19.1 Å². The van der Waals surface area contributed by atoms with Gasteiger partial charge in [0.25, 0.3) is 5.69 Å². The number of hydrogen-bond acceptors (Lipinski definition) is 4. The minimum absolute atomic E-state index is 0.118. The van der Waals surface area contributed by atoms with Gasteiger partial charge in [0.1, 0.15) is 11.5 Å². The molecule has 0 saturated heterocycles. The molecule has 110 valence electrons. The van der Waals surface area contributed by atoms with Crippen molar-refractivity contribution in [1.82, 2.24) is 5.32 Å². The lowest BCUT2D eigenvalue weighted by Gasteiger charge is -2.03. The maximum atomic E-state index is 10.6. The number of benzene rings is 1. The summed E-state index contributed by atoms with van der Waals surface area (Å²) in [6.45, 7) is 3.56. The first-order valence-corrected chi connectivity index (χ1v) is 7.16. The van der Waals surface area contributed by atoms with E-state index < -0.39 is 0 Å². The second-order valence-corrected chi connectivity index (χ2v) is 5.65. The van der Waals surface area contributed by atoms with Gasteiger partial charge in [0, 0.05) is 24.6 Å². The Morgan fingerprint density at radius 3 is 2.57 bits per heavy atom. The van der Waals surface area contributed by atoms with Crippen LogP contribution in [0.15, 0.2) is 40.8 Å². The van der Waals surface area contributed by atoms with Crippen LogP contribution in [-0.4, -0.2) is 4.92 Å². The van der Waals surface area contributed by atoms with Gasteiger partial charge in [-0.2, -0.15) is 0 Å². The van der Waals surface area contributed by atoms with Crippen molar-refractivity contribution in [2.24, 2.45) is 5.92 Å². The van der Waals surface area contributed by atoms with Gasteiger partial charge in [-0.25, -0.2) is 0 Å². The van der Waals surface area contributed by atoms with Crippen molar-refractivity contribution in [1.29, 1.82) is 0 Å². The Morgan fingerprint density at radius 2 is 1.95 bits per heavy atom. The molecule has 1 fully saturated rings. The molecular weight excluding hydrogens is 268 g/mol. The number of nitrogens with one attached hydrogen (secondary N) is 1. The minimum Gasteiger partial charge on any atom is -0.464 e. The van der Waals surface area contributed by atoms with Gasteiger partial charge < -0.3 is 9.73 Å². The summed E-state index contributed by atoms with van der Waals surface area (Å²) >= 11 is 0.